The second kappa shape index (κ2) is 6.27. The number of aromatic amines is 1. The summed E-state index contributed by atoms with van der Waals surface area (Å²) in [4.78, 5) is 11.8. The van der Waals surface area contributed by atoms with Crippen molar-refractivity contribution in [3.05, 3.63) is 17.5 Å². The van der Waals surface area contributed by atoms with Crippen LogP contribution in [-0.4, -0.2) is 31.6 Å². The first-order valence-corrected chi connectivity index (χ1v) is 7.30. The Balaban J connectivity index is 2.01. The molecule has 0 fully saturated rings. The minimum absolute atomic E-state index is 0.117. The Hall–Kier alpha value is -1.55. The highest BCUT2D eigenvalue weighted by Crippen LogP contribution is 2.28. The van der Waals surface area contributed by atoms with Crippen molar-refractivity contribution in [2.45, 2.75) is 29.9 Å². The lowest BCUT2D eigenvalue weighted by molar-refractivity contribution is 0.102. The molecule has 1 amide bonds. The van der Waals surface area contributed by atoms with Gasteiger partial charge in [-0.25, -0.2) is 8.78 Å². The van der Waals surface area contributed by atoms with E-state index in [1.54, 1.807) is 0 Å². The molecule has 2 aromatic heterocycles. The largest absolute Gasteiger partial charge is 0.295 e. The topological polar surface area (TPSA) is 83.6 Å². The number of anilines is 1. The molecule has 0 aliphatic rings. The van der Waals surface area contributed by atoms with Gasteiger partial charge in [-0.2, -0.15) is 5.10 Å². The van der Waals surface area contributed by atoms with Crippen LogP contribution in [-0.2, 0) is 0 Å². The smallest absolute Gasteiger partial charge is 0.279 e. The molecule has 0 unspecified atom stereocenters. The number of nitrogens with zero attached hydrogens (tertiary/aromatic N) is 3. The van der Waals surface area contributed by atoms with Gasteiger partial charge in [0.15, 0.2) is 10.0 Å². The van der Waals surface area contributed by atoms with Crippen molar-refractivity contribution in [2.75, 3.05) is 5.32 Å². The predicted octanol–water partition coefficient (Wildman–Crippen LogP) is 2.95. The molecule has 6 nitrogen and oxygen atoms in total. The molecule has 20 heavy (non-hydrogen) atoms. The van der Waals surface area contributed by atoms with Crippen LogP contribution in [0.25, 0.3) is 0 Å². The summed E-state index contributed by atoms with van der Waals surface area (Å²) in [6.07, 6.45) is -2.69. The van der Waals surface area contributed by atoms with Crippen molar-refractivity contribution >= 4 is 34.1 Å². The van der Waals surface area contributed by atoms with Gasteiger partial charge in [-0.1, -0.05) is 36.9 Å². The lowest BCUT2D eigenvalue weighted by Crippen LogP contribution is -2.12. The van der Waals surface area contributed by atoms with E-state index in [4.69, 9.17) is 0 Å². The van der Waals surface area contributed by atoms with Crippen LogP contribution in [0.4, 0.5) is 13.9 Å². The molecular formula is C10H11F2N5OS2. The highest BCUT2D eigenvalue weighted by Gasteiger charge is 2.17. The molecule has 2 heterocycles. The van der Waals surface area contributed by atoms with E-state index in [-0.39, 0.29) is 5.69 Å². The fourth-order valence-electron chi connectivity index (χ4n) is 1.24. The minimum Gasteiger partial charge on any atom is -0.295 e. The monoisotopic (exact) mass is 319 g/mol. The molecule has 0 atom stereocenters. The fourth-order valence-corrected chi connectivity index (χ4v) is 3.21. The number of hydrogen-bond donors (Lipinski definition) is 2. The van der Waals surface area contributed by atoms with Gasteiger partial charge < -0.3 is 0 Å². The van der Waals surface area contributed by atoms with E-state index < -0.39 is 18.0 Å². The van der Waals surface area contributed by atoms with Crippen LogP contribution in [0.5, 0.6) is 0 Å². The number of H-pyrrole nitrogens is 1. The molecule has 0 radical (unpaired) electrons. The molecule has 0 aliphatic carbocycles. The number of nitrogens with one attached hydrogen (secondary N) is 2. The molecule has 0 aliphatic heterocycles. The van der Waals surface area contributed by atoms with Crippen LogP contribution in [0.1, 0.15) is 36.5 Å². The molecule has 0 spiro atoms. The number of thioether (sulfide) groups is 1. The third-order valence-corrected chi connectivity index (χ3v) is 3.96. The van der Waals surface area contributed by atoms with Crippen molar-refractivity contribution < 1.29 is 13.6 Å². The van der Waals surface area contributed by atoms with Crippen molar-refractivity contribution in [1.29, 1.82) is 0 Å². The highest BCUT2D eigenvalue weighted by atomic mass is 32.2. The molecule has 0 saturated carbocycles. The van der Waals surface area contributed by atoms with Crippen molar-refractivity contribution in [3.63, 3.8) is 0 Å². The summed E-state index contributed by atoms with van der Waals surface area (Å²) in [6.45, 7) is 4.03. The maximum absolute atomic E-state index is 12.4. The molecule has 0 aromatic carbocycles. The highest BCUT2D eigenvalue weighted by molar-refractivity contribution is 8.01. The van der Waals surface area contributed by atoms with Gasteiger partial charge in [-0.15, -0.1) is 10.2 Å². The lowest BCUT2D eigenvalue weighted by atomic mass is 10.3. The number of hydrogen-bond acceptors (Lipinski definition) is 6. The Bertz CT molecular complexity index is 598. The van der Waals surface area contributed by atoms with Crippen molar-refractivity contribution in [1.82, 2.24) is 20.4 Å². The molecule has 0 saturated heterocycles. The van der Waals surface area contributed by atoms with Crippen LogP contribution in [0.15, 0.2) is 10.4 Å². The Morgan fingerprint density at radius 1 is 1.45 bits per heavy atom. The fraction of sp³-hybridized carbons (Fsp3) is 0.400. The first-order valence-electron chi connectivity index (χ1n) is 5.60. The number of aromatic nitrogens is 4. The molecular weight excluding hydrogens is 308 g/mol. The van der Waals surface area contributed by atoms with Gasteiger partial charge in [-0.05, 0) is 6.07 Å². The third kappa shape index (κ3) is 3.73. The summed E-state index contributed by atoms with van der Waals surface area (Å²) in [5, 5.41) is 16.5. The minimum atomic E-state index is -2.69. The van der Waals surface area contributed by atoms with E-state index in [2.05, 4.69) is 25.7 Å². The predicted molar refractivity (Wildman–Crippen MR) is 72.4 cm³/mol. The Morgan fingerprint density at radius 2 is 2.20 bits per heavy atom. The summed E-state index contributed by atoms with van der Waals surface area (Å²) in [7, 11) is 0. The summed E-state index contributed by atoms with van der Waals surface area (Å²) < 4.78 is 25.5. The maximum atomic E-state index is 12.4. The van der Waals surface area contributed by atoms with Crippen molar-refractivity contribution in [2.24, 2.45) is 0 Å². The number of amides is 1. The van der Waals surface area contributed by atoms with Crippen LogP contribution in [0.3, 0.4) is 0 Å². The Kier molecular flexibility index (Phi) is 4.65. The van der Waals surface area contributed by atoms with Crippen molar-refractivity contribution in [3.8, 4) is 0 Å². The van der Waals surface area contributed by atoms with Gasteiger partial charge in [0.25, 0.3) is 12.3 Å². The molecule has 0 bridgehead atoms. The molecule has 10 heteroatoms. The van der Waals surface area contributed by atoms with Gasteiger partial charge in [0.2, 0.25) is 5.13 Å². The van der Waals surface area contributed by atoms with E-state index in [9.17, 15) is 13.6 Å². The third-order valence-electron chi connectivity index (χ3n) is 2.03. The van der Waals surface area contributed by atoms with Gasteiger partial charge >= 0.3 is 0 Å². The van der Waals surface area contributed by atoms with Gasteiger partial charge in [0, 0.05) is 5.25 Å². The zero-order valence-corrected chi connectivity index (χ0v) is 12.2. The number of carbonyl (C=O) groups is 1. The molecule has 2 N–H and O–H groups in total. The Morgan fingerprint density at radius 3 is 2.80 bits per heavy atom. The summed E-state index contributed by atoms with van der Waals surface area (Å²) >= 11 is 2.74. The standard InChI is InChI=1S/C10H11F2N5OS2/c1-4(2)19-10-17-16-9(20-10)13-8(18)6-3-5(7(11)12)14-15-6/h3-4,7H,1-2H3,(H,14,15)(H,13,16,18). The SMILES string of the molecule is CC(C)Sc1nnc(NC(=O)c2cc(C(F)F)[nH]n2)s1. The quantitative estimate of drug-likeness (QED) is 0.654. The Labute approximate surface area is 121 Å². The first-order chi connectivity index (χ1) is 9.45. The summed E-state index contributed by atoms with van der Waals surface area (Å²) in [5.74, 6) is -0.606. The van der Waals surface area contributed by atoms with Gasteiger partial charge in [-0.3, -0.25) is 15.2 Å². The molecule has 2 rings (SSSR count). The van der Waals surface area contributed by atoms with E-state index in [0.717, 1.165) is 10.4 Å². The zero-order chi connectivity index (χ0) is 14.7. The van der Waals surface area contributed by atoms with E-state index in [0.29, 0.717) is 10.4 Å². The lowest BCUT2D eigenvalue weighted by Gasteiger charge is -1.97. The van der Waals surface area contributed by atoms with Crippen LogP contribution in [0, 0.1) is 0 Å². The maximum Gasteiger partial charge on any atom is 0.279 e. The van der Waals surface area contributed by atoms with Crippen LogP contribution >= 0.6 is 23.1 Å². The average molecular weight is 319 g/mol. The van der Waals surface area contributed by atoms with Crippen LogP contribution < -0.4 is 5.32 Å². The summed E-state index contributed by atoms with van der Waals surface area (Å²) in [6, 6.07) is 1.00. The number of alkyl halides is 2. The summed E-state index contributed by atoms with van der Waals surface area (Å²) in [5.41, 5.74) is -0.517. The second-order valence-corrected chi connectivity index (χ2v) is 6.80. The normalized spacial score (nSPS) is 11.3. The zero-order valence-electron chi connectivity index (χ0n) is 10.6. The van der Waals surface area contributed by atoms with E-state index in [1.807, 2.05) is 13.8 Å². The van der Waals surface area contributed by atoms with E-state index in [1.165, 1.54) is 23.1 Å². The van der Waals surface area contributed by atoms with Gasteiger partial charge in [0.05, 0.1) is 0 Å². The number of rotatable bonds is 5. The number of halogens is 2. The second-order valence-electron chi connectivity index (χ2n) is 4.00. The number of carbonyl (C=O) groups excluding carboxylic acids is 1. The molecule has 2 aromatic rings. The van der Waals surface area contributed by atoms with E-state index >= 15 is 0 Å². The average Bonchev–Trinajstić information content (AvgIpc) is 2.97. The first kappa shape index (κ1) is 14.9. The van der Waals surface area contributed by atoms with Gasteiger partial charge in [0.1, 0.15) is 5.69 Å². The molecule has 108 valence electrons. The van der Waals surface area contributed by atoms with Crippen LogP contribution in [0.2, 0.25) is 0 Å².